The van der Waals surface area contributed by atoms with Crippen molar-refractivity contribution in [2.75, 3.05) is 0 Å². The summed E-state index contributed by atoms with van der Waals surface area (Å²) in [5.41, 5.74) is 10.2. The Balaban J connectivity index is 0.000000300. The molecule has 0 aromatic heterocycles. The quantitative estimate of drug-likeness (QED) is 0.397. The molecule has 0 aliphatic heterocycles. The zero-order valence-electron chi connectivity index (χ0n) is 13.3. The van der Waals surface area contributed by atoms with Gasteiger partial charge in [0.2, 0.25) is 0 Å². The van der Waals surface area contributed by atoms with Crippen LogP contribution in [0.1, 0.15) is 35.6 Å². The van der Waals surface area contributed by atoms with Gasteiger partial charge in [-0.2, -0.15) is 0 Å². The molecule has 0 atom stereocenters. The van der Waals surface area contributed by atoms with Gasteiger partial charge in [0.25, 0.3) is 0 Å². The number of hydrogen-bond acceptors (Lipinski definition) is 0. The van der Waals surface area contributed by atoms with Crippen LogP contribution in [0.5, 0.6) is 0 Å². The molecular formula is C19H17Cl4Zr. The fourth-order valence-corrected chi connectivity index (χ4v) is 3.51. The number of fused-ring (bicyclic) bond motifs is 2. The maximum absolute atomic E-state index is 5.04. The van der Waals surface area contributed by atoms with Crippen molar-refractivity contribution < 1.29 is 15.5 Å². The topological polar surface area (TPSA) is 0 Å². The number of rotatable bonds is 1. The van der Waals surface area contributed by atoms with E-state index >= 15 is 0 Å². The summed E-state index contributed by atoms with van der Waals surface area (Å²) in [5, 5.41) is 0. The Hall–Kier alpha value is 0.223. The Morgan fingerprint density at radius 3 is 2.29 bits per heavy atom. The zero-order chi connectivity index (χ0) is 17.3. The van der Waals surface area contributed by atoms with E-state index in [4.69, 9.17) is 34.1 Å². The molecule has 0 N–H and O–H groups in total. The number of aryl methyl sites for hydroxylation is 1. The van der Waals surface area contributed by atoms with Gasteiger partial charge in [0.05, 0.1) is 0 Å². The van der Waals surface area contributed by atoms with Crippen LogP contribution in [-0.2, 0) is 28.3 Å². The van der Waals surface area contributed by atoms with Crippen LogP contribution in [-0.4, -0.2) is 0 Å². The van der Waals surface area contributed by atoms with Crippen LogP contribution in [0.3, 0.4) is 0 Å². The van der Waals surface area contributed by atoms with E-state index in [-0.39, 0.29) is 0 Å². The van der Waals surface area contributed by atoms with Crippen molar-refractivity contribution in [1.29, 1.82) is 0 Å². The SMILES string of the molecule is CC1=Cc2c(cc3c(c2-c2ccccc2)CCC3)[CH]1.[Cl][Zr]([Cl])([Cl])[Cl]. The van der Waals surface area contributed by atoms with E-state index in [0.717, 1.165) is 0 Å². The third-order valence-electron chi connectivity index (χ3n) is 4.29. The van der Waals surface area contributed by atoms with E-state index < -0.39 is 15.5 Å². The molecule has 4 rings (SSSR count). The van der Waals surface area contributed by atoms with Gasteiger partial charge < -0.3 is 0 Å². The van der Waals surface area contributed by atoms with Gasteiger partial charge in [0.15, 0.2) is 0 Å². The summed E-state index contributed by atoms with van der Waals surface area (Å²) >= 11 is -3.29. The van der Waals surface area contributed by atoms with E-state index in [9.17, 15) is 0 Å². The third kappa shape index (κ3) is 4.68. The third-order valence-corrected chi connectivity index (χ3v) is 4.29. The molecule has 0 heterocycles. The Bertz CT molecular complexity index is 770. The van der Waals surface area contributed by atoms with E-state index in [1.54, 1.807) is 11.1 Å². The van der Waals surface area contributed by atoms with Crippen molar-refractivity contribution in [3.63, 3.8) is 0 Å². The second-order valence-electron chi connectivity index (χ2n) is 6.07. The first-order chi connectivity index (χ1) is 11.3. The van der Waals surface area contributed by atoms with Gasteiger partial charge in [-0.3, -0.25) is 0 Å². The van der Waals surface area contributed by atoms with Gasteiger partial charge in [0, 0.05) is 6.42 Å². The van der Waals surface area contributed by atoms with Gasteiger partial charge in [-0.15, -0.1) is 0 Å². The fourth-order valence-electron chi connectivity index (χ4n) is 3.51. The Morgan fingerprint density at radius 2 is 1.62 bits per heavy atom. The summed E-state index contributed by atoms with van der Waals surface area (Å²) in [6, 6.07) is 13.3. The first-order valence-electron chi connectivity index (χ1n) is 7.86. The van der Waals surface area contributed by atoms with Crippen molar-refractivity contribution in [2.45, 2.75) is 26.2 Å². The summed E-state index contributed by atoms with van der Waals surface area (Å²) < 4.78 is 0. The van der Waals surface area contributed by atoms with E-state index in [0.29, 0.717) is 0 Å². The molecule has 0 saturated heterocycles. The second kappa shape index (κ2) is 7.85. The van der Waals surface area contributed by atoms with Crippen LogP contribution in [0.25, 0.3) is 17.2 Å². The Labute approximate surface area is 162 Å². The number of benzene rings is 2. The first-order valence-corrected chi connectivity index (χ1v) is 20.5. The monoisotopic (exact) mass is 475 g/mol. The van der Waals surface area contributed by atoms with Gasteiger partial charge >= 0.3 is 49.5 Å². The summed E-state index contributed by atoms with van der Waals surface area (Å²) in [4.78, 5) is 0. The Morgan fingerprint density at radius 1 is 0.958 bits per heavy atom. The molecule has 24 heavy (non-hydrogen) atoms. The van der Waals surface area contributed by atoms with Crippen molar-refractivity contribution in [2.24, 2.45) is 0 Å². The van der Waals surface area contributed by atoms with Crippen LogP contribution in [0, 0.1) is 6.42 Å². The predicted octanol–water partition coefficient (Wildman–Crippen LogP) is 7.57. The fraction of sp³-hybridized carbons (Fsp3) is 0.211. The summed E-state index contributed by atoms with van der Waals surface area (Å²) in [6.07, 6.45) is 8.45. The number of allylic oxidation sites excluding steroid dienone is 1. The van der Waals surface area contributed by atoms with Crippen LogP contribution in [0.4, 0.5) is 0 Å². The molecule has 0 nitrogen and oxygen atoms in total. The summed E-state index contributed by atoms with van der Waals surface area (Å²) in [7, 11) is 20.1. The van der Waals surface area contributed by atoms with Gasteiger partial charge in [0.1, 0.15) is 0 Å². The molecule has 1 radical (unpaired) electrons. The van der Waals surface area contributed by atoms with Gasteiger partial charge in [-0.1, -0.05) is 48.0 Å². The van der Waals surface area contributed by atoms with Gasteiger partial charge in [-0.25, -0.2) is 0 Å². The van der Waals surface area contributed by atoms with Crippen LogP contribution in [0.15, 0.2) is 42.0 Å². The van der Waals surface area contributed by atoms with Crippen molar-refractivity contribution in [1.82, 2.24) is 0 Å². The molecule has 2 aliphatic carbocycles. The molecule has 5 heteroatoms. The molecule has 0 saturated carbocycles. The molecule has 0 bridgehead atoms. The molecule has 2 aromatic carbocycles. The van der Waals surface area contributed by atoms with Crippen molar-refractivity contribution in [3.05, 3.63) is 70.6 Å². The maximum atomic E-state index is 5.04. The van der Waals surface area contributed by atoms with Crippen LogP contribution >= 0.6 is 34.1 Å². The molecule has 0 fully saturated rings. The van der Waals surface area contributed by atoms with E-state index in [1.165, 1.54) is 47.1 Å². The van der Waals surface area contributed by atoms with Crippen molar-refractivity contribution in [3.8, 4) is 11.1 Å². The number of hydrogen-bond donors (Lipinski definition) is 0. The van der Waals surface area contributed by atoms with Crippen molar-refractivity contribution >= 4 is 40.1 Å². The molecule has 125 valence electrons. The van der Waals surface area contributed by atoms with E-state index in [2.05, 4.69) is 55.8 Å². The molecule has 0 spiro atoms. The average Bonchev–Trinajstić information content (AvgIpc) is 3.08. The first kappa shape index (κ1) is 19.0. The molecular weight excluding hydrogens is 461 g/mol. The molecule has 2 aromatic rings. The summed E-state index contributed by atoms with van der Waals surface area (Å²) in [5.74, 6) is 0. The number of halogens is 4. The Kier molecular flexibility index (Phi) is 6.21. The average molecular weight is 478 g/mol. The molecule has 2 aliphatic rings. The molecule has 0 unspecified atom stereocenters. The van der Waals surface area contributed by atoms with E-state index in [1.807, 2.05) is 0 Å². The normalized spacial score (nSPS) is 15.3. The zero-order valence-corrected chi connectivity index (χ0v) is 18.7. The van der Waals surface area contributed by atoms with Crippen LogP contribution in [0.2, 0.25) is 0 Å². The van der Waals surface area contributed by atoms with Gasteiger partial charge in [-0.05, 0) is 59.6 Å². The predicted molar refractivity (Wildman–Crippen MR) is 104 cm³/mol. The minimum absolute atomic E-state index is 1.24. The summed E-state index contributed by atoms with van der Waals surface area (Å²) in [6.45, 7) is 2.19. The van der Waals surface area contributed by atoms with Crippen LogP contribution < -0.4 is 0 Å². The standard InChI is InChI=1S/C19H17.4ClH.Zr/c1-13-10-16-12-15-8-5-9-17(15)19(18(16)11-13)14-6-3-2-4-7-14;;;;;/h2-4,6-7,10-12H,5,8-9H2,1H3;4*1H;/q;;;;;+4/p-4. The second-order valence-corrected chi connectivity index (χ2v) is 28.5. The molecule has 0 amide bonds. The minimum atomic E-state index is -3.29.